The second-order valence-corrected chi connectivity index (χ2v) is 8.29. The number of hydrogen-bond donors (Lipinski definition) is 0. The lowest BCUT2D eigenvalue weighted by atomic mass is 10.1. The fourth-order valence-electron chi connectivity index (χ4n) is 2.50. The van der Waals surface area contributed by atoms with Crippen LogP contribution in [0.5, 0.6) is 0 Å². The predicted molar refractivity (Wildman–Crippen MR) is 113 cm³/mol. The Hall–Kier alpha value is -1.90. The van der Waals surface area contributed by atoms with Crippen molar-refractivity contribution in [2.24, 2.45) is 0 Å². The largest absolute Gasteiger partial charge is 0.465 e. The Morgan fingerprint density at radius 2 is 2.15 bits per heavy atom. The first-order valence-electron chi connectivity index (χ1n) is 8.16. The van der Waals surface area contributed by atoms with Gasteiger partial charge < -0.3 is 9.15 Å². The van der Waals surface area contributed by atoms with Gasteiger partial charge in [0.05, 0.1) is 11.5 Å². The van der Waals surface area contributed by atoms with Crippen LogP contribution in [0.3, 0.4) is 0 Å². The van der Waals surface area contributed by atoms with Crippen LogP contribution < -0.4 is 0 Å². The average Bonchev–Trinajstić information content (AvgIpc) is 3.16. The molecule has 0 saturated carbocycles. The van der Waals surface area contributed by atoms with Crippen molar-refractivity contribution in [2.75, 3.05) is 13.2 Å². The van der Waals surface area contributed by atoms with E-state index in [-0.39, 0.29) is 19.1 Å². The van der Waals surface area contributed by atoms with Crippen molar-refractivity contribution < 1.29 is 18.7 Å². The van der Waals surface area contributed by atoms with E-state index in [2.05, 4.69) is 15.9 Å². The molecule has 1 aliphatic rings. The maximum Gasteiger partial charge on any atom is 0.326 e. The smallest absolute Gasteiger partial charge is 0.326 e. The summed E-state index contributed by atoms with van der Waals surface area (Å²) in [5.41, 5.74) is 2.07. The zero-order chi connectivity index (χ0) is 19.6. The lowest BCUT2D eigenvalue weighted by Gasteiger charge is -2.12. The maximum atomic E-state index is 12.5. The molecule has 2 aromatic rings. The molecule has 0 bridgehead atoms. The third-order valence-electron chi connectivity index (χ3n) is 3.76. The van der Waals surface area contributed by atoms with Crippen molar-refractivity contribution in [3.05, 3.63) is 51.0 Å². The number of amides is 1. The first kappa shape index (κ1) is 19.9. The molecule has 140 valence electrons. The highest BCUT2D eigenvalue weighted by Gasteiger charge is 2.34. The van der Waals surface area contributed by atoms with Gasteiger partial charge in [-0.1, -0.05) is 46.0 Å². The Bertz CT molecular complexity index is 951. The first-order chi connectivity index (χ1) is 12.9. The van der Waals surface area contributed by atoms with Gasteiger partial charge in [0.15, 0.2) is 0 Å². The molecule has 1 amide bonds. The lowest BCUT2D eigenvalue weighted by molar-refractivity contribution is -0.145. The van der Waals surface area contributed by atoms with E-state index in [1.807, 2.05) is 31.2 Å². The van der Waals surface area contributed by atoms with Crippen LogP contribution in [-0.4, -0.2) is 34.2 Å². The Balaban J connectivity index is 1.79. The molecule has 0 unspecified atom stereocenters. The molecule has 2 heterocycles. The van der Waals surface area contributed by atoms with Crippen LogP contribution in [0.25, 0.3) is 17.4 Å². The zero-order valence-corrected chi connectivity index (χ0v) is 17.9. The van der Waals surface area contributed by atoms with Crippen LogP contribution in [0.2, 0.25) is 0 Å². The molecule has 1 fully saturated rings. The fourth-order valence-corrected chi connectivity index (χ4v) is 4.42. The molecule has 0 N–H and O–H groups in total. The van der Waals surface area contributed by atoms with Gasteiger partial charge in [-0.25, -0.2) is 0 Å². The van der Waals surface area contributed by atoms with E-state index in [1.54, 1.807) is 19.1 Å². The maximum absolute atomic E-state index is 12.5. The number of furan rings is 1. The quantitative estimate of drug-likeness (QED) is 0.359. The van der Waals surface area contributed by atoms with Crippen LogP contribution in [0.1, 0.15) is 18.2 Å². The normalized spacial score (nSPS) is 15.7. The van der Waals surface area contributed by atoms with E-state index in [0.29, 0.717) is 20.7 Å². The third-order valence-corrected chi connectivity index (χ3v) is 5.79. The molecule has 1 saturated heterocycles. The number of thiocarbonyl (C=S) groups is 1. The molecular weight excluding hydrogens is 450 g/mol. The summed E-state index contributed by atoms with van der Waals surface area (Å²) in [6.45, 7) is 3.80. The lowest BCUT2D eigenvalue weighted by Crippen LogP contribution is -2.34. The van der Waals surface area contributed by atoms with Crippen LogP contribution >= 0.6 is 39.9 Å². The van der Waals surface area contributed by atoms with Gasteiger partial charge in [0, 0.05) is 16.1 Å². The zero-order valence-electron chi connectivity index (χ0n) is 14.7. The van der Waals surface area contributed by atoms with Crippen molar-refractivity contribution >= 4 is 62.2 Å². The fraction of sp³-hybridized carbons (Fsp3) is 0.211. The monoisotopic (exact) mass is 465 g/mol. The average molecular weight is 466 g/mol. The molecule has 27 heavy (non-hydrogen) atoms. The van der Waals surface area contributed by atoms with Gasteiger partial charge in [0.25, 0.3) is 5.91 Å². The Labute approximate surface area is 174 Å². The highest BCUT2D eigenvalue weighted by atomic mass is 79.9. The molecule has 8 heteroatoms. The minimum absolute atomic E-state index is 0.185. The standard InChI is InChI=1S/C19H16BrNO4S2/c1-3-24-17(22)10-21-18(23)16(27-19(21)26)9-12-5-7-15(25-12)13-6-4-11(2)8-14(13)20/h4-9H,3,10H2,1-2H3/b16-9-. The molecule has 5 nitrogen and oxygen atoms in total. The summed E-state index contributed by atoms with van der Waals surface area (Å²) in [7, 11) is 0. The SMILES string of the molecule is CCOC(=O)CN1C(=O)/C(=C/c2ccc(-c3ccc(C)cc3Br)o2)SC1=S. The summed E-state index contributed by atoms with van der Waals surface area (Å²) in [5, 5.41) is 0. The predicted octanol–water partition coefficient (Wildman–Crippen LogP) is 4.78. The number of rotatable bonds is 5. The molecule has 0 spiro atoms. The van der Waals surface area contributed by atoms with E-state index in [4.69, 9.17) is 21.4 Å². The second kappa shape index (κ2) is 8.41. The van der Waals surface area contributed by atoms with Crippen LogP contribution in [-0.2, 0) is 14.3 Å². The number of hydrogen-bond acceptors (Lipinski definition) is 6. The number of benzene rings is 1. The second-order valence-electron chi connectivity index (χ2n) is 5.76. The Morgan fingerprint density at radius 3 is 2.85 bits per heavy atom. The minimum Gasteiger partial charge on any atom is -0.465 e. The third kappa shape index (κ3) is 4.51. The summed E-state index contributed by atoms with van der Waals surface area (Å²) in [6, 6.07) is 9.63. The van der Waals surface area contributed by atoms with Gasteiger partial charge in [-0.2, -0.15) is 0 Å². The summed E-state index contributed by atoms with van der Waals surface area (Å²) < 4.78 is 12.0. The Morgan fingerprint density at radius 1 is 1.37 bits per heavy atom. The van der Waals surface area contributed by atoms with Crippen molar-refractivity contribution in [3.63, 3.8) is 0 Å². The van der Waals surface area contributed by atoms with Gasteiger partial charge in [0.1, 0.15) is 22.4 Å². The Kier molecular flexibility index (Phi) is 6.18. The van der Waals surface area contributed by atoms with Crippen molar-refractivity contribution in [2.45, 2.75) is 13.8 Å². The number of aryl methyl sites for hydroxylation is 1. The molecule has 0 aliphatic carbocycles. The number of halogens is 1. The summed E-state index contributed by atoms with van der Waals surface area (Å²) in [4.78, 5) is 25.8. The molecule has 1 aromatic heterocycles. The highest BCUT2D eigenvalue weighted by molar-refractivity contribution is 9.10. The first-order valence-corrected chi connectivity index (χ1v) is 10.2. The van der Waals surface area contributed by atoms with Crippen molar-refractivity contribution in [1.82, 2.24) is 4.90 Å². The summed E-state index contributed by atoms with van der Waals surface area (Å²) in [6.07, 6.45) is 1.63. The highest BCUT2D eigenvalue weighted by Crippen LogP contribution is 2.35. The molecule has 0 radical (unpaired) electrons. The van der Waals surface area contributed by atoms with E-state index in [9.17, 15) is 9.59 Å². The number of carbonyl (C=O) groups excluding carboxylic acids is 2. The number of thioether (sulfide) groups is 1. The van der Waals surface area contributed by atoms with Crippen LogP contribution in [0, 0.1) is 6.92 Å². The van der Waals surface area contributed by atoms with Gasteiger partial charge in [-0.05, 0) is 43.7 Å². The van der Waals surface area contributed by atoms with Crippen LogP contribution in [0.4, 0.5) is 0 Å². The summed E-state index contributed by atoms with van der Waals surface area (Å²) >= 11 is 9.89. The minimum atomic E-state index is -0.487. The molecule has 1 aromatic carbocycles. The topological polar surface area (TPSA) is 59.8 Å². The number of nitrogens with zero attached hydrogens (tertiary/aromatic N) is 1. The van der Waals surface area contributed by atoms with Crippen molar-refractivity contribution in [1.29, 1.82) is 0 Å². The van der Waals surface area contributed by atoms with Gasteiger partial charge in [-0.3, -0.25) is 14.5 Å². The van der Waals surface area contributed by atoms with Gasteiger partial charge in [0.2, 0.25) is 0 Å². The van der Waals surface area contributed by atoms with Gasteiger partial charge in [-0.15, -0.1) is 0 Å². The summed E-state index contributed by atoms with van der Waals surface area (Å²) in [5.74, 6) is 0.413. The molecular formula is C19H16BrNO4S2. The van der Waals surface area contributed by atoms with Crippen molar-refractivity contribution in [3.8, 4) is 11.3 Å². The van der Waals surface area contributed by atoms with E-state index < -0.39 is 5.97 Å². The van der Waals surface area contributed by atoms with E-state index in [0.717, 1.165) is 27.4 Å². The van der Waals surface area contributed by atoms with E-state index >= 15 is 0 Å². The molecule has 3 rings (SSSR count). The number of esters is 1. The molecule has 0 atom stereocenters. The van der Waals surface area contributed by atoms with Crippen LogP contribution in [0.15, 0.2) is 44.1 Å². The van der Waals surface area contributed by atoms with E-state index in [1.165, 1.54) is 4.90 Å². The molecule has 1 aliphatic heterocycles. The number of carbonyl (C=O) groups is 2. The number of ether oxygens (including phenoxy) is 1. The van der Waals surface area contributed by atoms with Gasteiger partial charge >= 0.3 is 5.97 Å².